The summed E-state index contributed by atoms with van der Waals surface area (Å²) in [7, 11) is 2.10. The minimum Gasteiger partial charge on any atom is -0.285 e. The van der Waals surface area contributed by atoms with E-state index in [9.17, 15) is 0 Å². The summed E-state index contributed by atoms with van der Waals surface area (Å²) in [5.74, 6) is 0.316. The average Bonchev–Trinajstić information content (AvgIpc) is 2.87. The molecule has 3 heteroatoms. The average molecular weight is 309 g/mol. The number of fused-ring (bicyclic) bond motifs is 1. The van der Waals surface area contributed by atoms with Gasteiger partial charge in [0.2, 0.25) is 5.69 Å². The van der Waals surface area contributed by atoms with Crippen molar-refractivity contribution in [3.8, 4) is 11.3 Å². The summed E-state index contributed by atoms with van der Waals surface area (Å²) in [5.41, 5.74) is 5.24. The van der Waals surface area contributed by atoms with Crippen LogP contribution in [0.5, 0.6) is 0 Å². The second-order valence-electron chi connectivity index (χ2n) is 5.62. The van der Waals surface area contributed by atoms with Crippen LogP contribution < -0.4 is 4.57 Å². The lowest BCUT2D eigenvalue weighted by molar-refractivity contribution is -0.660. The Morgan fingerprint density at radius 3 is 2.77 bits per heavy atom. The number of aryl methyl sites for hydroxylation is 2. The van der Waals surface area contributed by atoms with Crippen molar-refractivity contribution < 1.29 is 4.57 Å². The van der Waals surface area contributed by atoms with Crippen LogP contribution in [0.1, 0.15) is 24.0 Å². The van der Waals surface area contributed by atoms with E-state index in [1.54, 1.807) is 0 Å². The molecule has 1 aliphatic heterocycles. The Labute approximate surface area is 136 Å². The summed E-state index contributed by atoms with van der Waals surface area (Å²) >= 11 is 1.83. The molecule has 2 aromatic rings. The Balaban J connectivity index is 2.23. The van der Waals surface area contributed by atoms with Crippen molar-refractivity contribution in [3.63, 3.8) is 0 Å². The molecule has 0 saturated heterocycles. The molecule has 2 unspecified atom stereocenters. The predicted molar refractivity (Wildman–Crippen MR) is 94.5 cm³/mol. The monoisotopic (exact) mass is 309 g/mol. The van der Waals surface area contributed by atoms with Crippen molar-refractivity contribution in [1.29, 1.82) is 0 Å². The van der Waals surface area contributed by atoms with Gasteiger partial charge in [0.1, 0.15) is 12.4 Å². The predicted octanol–water partition coefficient (Wildman–Crippen LogP) is 4.28. The fraction of sp³-hybridized carbons (Fsp3) is 0.263. The first kappa shape index (κ1) is 15.0. The molecule has 2 nitrogen and oxygen atoms in total. The van der Waals surface area contributed by atoms with Crippen LogP contribution in [-0.2, 0) is 7.05 Å². The third-order valence-corrected chi connectivity index (χ3v) is 5.55. The molecule has 112 valence electrons. The van der Waals surface area contributed by atoms with Crippen LogP contribution in [0.15, 0.2) is 58.6 Å². The van der Waals surface area contributed by atoms with E-state index in [0.29, 0.717) is 5.92 Å². The van der Waals surface area contributed by atoms with Crippen LogP contribution in [-0.4, -0.2) is 12.1 Å². The zero-order valence-corrected chi connectivity index (χ0v) is 14.1. The highest BCUT2D eigenvalue weighted by atomic mass is 32.2. The number of thioether (sulfide) groups is 1. The molecule has 0 saturated carbocycles. The summed E-state index contributed by atoms with van der Waals surface area (Å²) in [6, 6.07) is 10.8. The molecule has 22 heavy (non-hydrogen) atoms. The number of rotatable bonds is 3. The number of benzene rings is 1. The third kappa shape index (κ3) is 2.40. The second-order valence-corrected chi connectivity index (χ2v) is 6.74. The van der Waals surface area contributed by atoms with E-state index in [0.717, 1.165) is 0 Å². The third-order valence-electron chi connectivity index (χ3n) is 4.19. The topological polar surface area (TPSA) is 16.2 Å². The highest BCUT2D eigenvalue weighted by molar-refractivity contribution is 8.00. The normalized spacial score (nSPS) is 20.3. The first-order chi connectivity index (χ1) is 10.7. The molecule has 2 atom stereocenters. The molecule has 0 fully saturated rings. The number of aromatic nitrogens is 1. The van der Waals surface area contributed by atoms with Gasteiger partial charge in [0, 0.05) is 22.9 Å². The maximum Gasteiger partial charge on any atom is 0.213 e. The van der Waals surface area contributed by atoms with E-state index >= 15 is 0 Å². The summed E-state index contributed by atoms with van der Waals surface area (Å²) in [6.07, 6.45) is 6.45. The molecule has 1 aliphatic rings. The standard InChI is InChI=1S/C19H21N2S/c1-5-8-15-14-11-10-13(2)17(18(14)22-19(15)20-3)16-9-6-7-12-21(16)4/h5-12,15,19H,3H2,1-2,4H3/q+1/b8-5-. The van der Waals surface area contributed by atoms with Crippen molar-refractivity contribution in [2.45, 2.75) is 30.0 Å². The van der Waals surface area contributed by atoms with Crippen LogP contribution in [0.2, 0.25) is 0 Å². The lowest BCUT2D eigenvalue weighted by atomic mass is 9.93. The highest BCUT2D eigenvalue weighted by Gasteiger charge is 2.34. The van der Waals surface area contributed by atoms with Crippen molar-refractivity contribution in [2.75, 3.05) is 0 Å². The summed E-state index contributed by atoms with van der Waals surface area (Å²) in [5, 5.41) is 0.167. The van der Waals surface area contributed by atoms with Gasteiger partial charge in [-0.1, -0.05) is 36.0 Å². The van der Waals surface area contributed by atoms with Gasteiger partial charge in [0.15, 0.2) is 6.20 Å². The van der Waals surface area contributed by atoms with Crippen LogP contribution >= 0.6 is 11.8 Å². The molecule has 3 rings (SSSR count). The Kier molecular flexibility index (Phi) is 4.16. The van der Waals surface area contributed by atoms with Gasteiger partial charge < -0.3 is 0 Å². The van der Waals surface area contributed by atoms with Gasteiger partial charge in [-0.05, 0) is 37.8 Å². The van der Waals surface area contributed by atoms with E-state index in [1.807, 2.05) is 11.8 Å². The maximum atomic E-state index is 4.34. The quantitative estimate of drug-likeness (QED) is 0.469. The van der Waals surface area contributed by atoms with E-state index in [-0.39, 0.29) is 5.37 Å². The maximum absolute atomic E-state index is 4.34. The van der Waals surface area contributed by atoms with Crippen LogP contribution in [0, 0.1) is 6.92 Å². The van der Waals surface area contributed by atoms with Gasteiger partial charge in [-0.25, -0.2) is 4.57 Å². The second kappa shape index (κ2) is 6.09. The van der Waals surface area contributed by atoms with Gasteiger partial charge in [-0.15, -0.1) is 0 Å². The van der Waals surface area contributed by atoms with E-state index in [1.165, 1.54) is 27.3 Å². The molecule has 0 radical (unpaired) electrons. The first-order valence-corrected chi connectivity index (χ1v) is 8.39. The Morgan fingerprint density at radius 1 is 1.27 bits per heavy atom. The SMILES string of the molecule is C=NC1Sc2c(ccc(C)c2-c2cccc[n+]2C)C1/C=C\C. The van der Waals surface area contributed by atoms with Gasteiger partial charge in [0.05, 0.1) is 5.56 Å². The molecule has 0 spiro atoms. The van der Waals surface area contributed by atoms with E-state index in [4.69, 9.17) is 0 Å². The van der Waals surface area contributed by atoms with Gasteiger partial charge in [-0.2, -0.15) is 0 Å². The van der Waals surface area contributed by atoms with Crippen LogP contribution in [0.3, 0.4) is 0 Å². The molecule has 0 bridgehead atoms. The fourth-order valence-electron chi connectivity index (χ4n) is 3.09. The Morgan fingerprint density at radius 2 is 2.09 bits per heavy atom. The number of allylic oxidation sites excluding steroid dienone is 1. The zero-order chi connectivity index (χ0) is 15.7. The molecule has 1 aromatic heterocycles. The van der Waals surface area contributed by atoms with Crippen LogP contribution in [0.25, 0.3) is 11.3 Å². The number of pyridine rings is 1. The number of aliphatic imine (C=N–C) groups is 1. The van der Waals surface area contributed by atoms with Gasteiger partial charge in [0.25, 0.3) is 0 Å². The largest absolute Gasteiger partial charge is 0.285 e. The highest BCUT2D eigenvalue weighted by Crippen LogP contribution is 2.51. The van der Waals surface area contributed by atoms with Crippen molar-refractivity contribution in [3.05, 3.63) is 59.8 Å². The van der Waals surface area contributed by atoms with Gasteiger partial charge in [-0.3, -0.25) is 4.99 Å². The summed E-state index contributed by atoms with van der Waals surface area (Å²) in [6.45, 7) is 8.04. The lowest BCUT2D eigenvalue weighted by Gasteiger charge is -2.11. The number of hydrogen-bond acceptors (Lipinski definition) is 2. The Hall–Kier alpha value is -1.87. The molecule has 2 heterocycles. The summed E-state index contributed by atoms with van der Waals surface area (Å²) in [4.78, 5) is 5.69. The van der Waals surface area contributed by atoms with Crippen molar-refractivity contribution in [2.24, 2.45) is 12.0 Å². The molecular formula is C19H21N2S+. The van der Waals surface area contributed by atoms with E-state index < -0.39 is 0 Å². The van der Waals surface area contributed by atoms with Gasteiger partial charge >= 0.3 is 0 Å². The fourth-order valence-corrected chi connectivity index (χ4v) is 4.52. The van der Waals surface area contributed by atoms with E-state index in [2.05, 4.69) is 85.9 Å². The smallest absolute Gasteiger partial charge is 0.213 e. The first-order valence-electron chi connectivity index (χ1n) is 7.51. The lowest BCUT2D eigenvalue weighted by Crippen LogP contribution is -2.30. The number of nitrogens with zero attached hydrogens (tertiary/aromatic N) is 2. The number of hydrogen-bond donors (Lipinski definition) is 0. The minimum absolute atomic E-state index is 0.167. The Bertz CT molecular complexity index is 749. The zero-order valence-electron chi connectivity index (χ0n) is 13.3. The van der Waals surface area contributed by atoms with Crippen molar-refractivity contribution in [1.82, 2.24) is 0 Å². The summed E-state index contributed by atoms with van der Waals surface area (Å²) < 4.78 is 2.18. The molecule has 1 aromatic carbocycles. The minimum atomic E-state index is 0.167. The molecular weight excluding hydrogens is 288 g/mol. The molecule has 0 aliphatic carbocycles. The molecule has 0 amide bonds. The van der Waals surface area contributed by atoms with Crippen molar-refractivity contribution >= 4 is 18.5 Å². The van der Waals surface area contributed by atoms with Crippen LogP contribution in [0.4, 0.5) is 0 Å². The molecule has 0 N–H and O–H groups in total.